The first-order valence-corrected chi connectivity index (χ1v) is 12.0. The molecule has 1 saturated heterocycles. The van der Waals surface area contributed by atoms with Crippen LogP contribution in [0, 0.1) is 20.8 Å². The zero-order chi connectivity index (χ0) is 24.1. The summed E-state index contributed by atoms with van der Waals surface area (Å²) >= 11 is 7.45. The van der Waals surface area contributed by atoms with Crippen LogP contribution in [0.3, 0.4) is 0 Å². The highest BCUT2D eigenvalue weighted by molar-refractivity contribution is 7.22. The van der Waals surface area contributed by atoms with E-state index < -0.39 is 17.7 Å². The van der Waals surface area contributed by atoms with Crippen molar-refractivity contribution < 1.29 is 14.7 Å². The van der Waals surface area contributed by atoms with Gasteiger partial charge >= 0.3 is 5.91 Å². The molecule has 3 aromatic carbocycles. The third kappa shape index (κ3) is 3.69. The van der Waals surface area contributed by atoms with E-state index >= 15 is 0 Å². The molecule has 0 saturated carbocycles. The van der Waals surface area contributed by atoms with Crippen LogP contribution in [-0.2, 0) is 9.59 Å². The Bertz CT molecular complexity index is 1500. The number of Topliss-reactive ketones (excluding diaryl/α,β-unsaturated/α-hetero) is 1. The largest absolute Gasteiger partial charge is 0.507 e. The standard InChI is InChI=1S/C27H21ClN2O3S/c1-14-4-6-16(3)19(12-14)24(31)22-23(17-7-9-18(28)10-8-17)30(26(33)25(22)32)27-29-20-11-5-15(2)13-21(20)34-27/h4-13,23,31H,1-3H3. The van der Waals surface area contributed by atoms with Gasteiger partial charge in [-0.05, 0) is 67.8 Å². The summed E-state index contributed by atoms with van der Waals surface area (Å²) in [6, 6.07) is 17.6. The number of aliphatic hydroxyl groups is 1. The SMILES string of the molecule is Cc1ccc(C)c(C(O)=C2C(=O)C(=O)N(c3nc4ccc(C)cc4s3)C2c2ccc(Cl)cc2)c1. The highest BCUT2D eigenvalue weighted by Crippen LogP contribution is 2.44. The Kier molecular flexibility index (Phi) is 5.50. The summed E-state index contributed by atoms with van der Waals surface area (Å²) in [6.07, 6.45) is 0. The quantitative estimate of drug-likeness (QED) is 0.203. The van der Waals surface area contributed by atoms with Gasteiger partial charge in [-0.1, -0.05) is 58.8 Å². The van der Waals surface area contributed by atoms with Crippen molar-refractivity contribution in [2.75, 3.05) is 4.90 Å². The molecule has 1 amide bonds. The second kappa shape index (κ2) is 8.38. The highest BCUT2D eigenvalue weighted by atomic mass is 35.5. The number of ketones is 1. The summed E-state index contributed by atoms with van der Waals surface area (Å²) in [6.45, 7) is 5.76. The van der Waals surface area contributed by atoms with E-state index in [0.717, 1.165) is 26.9 Å². The number of anilines is 1. The van der Waals surface area contributed by atoms with Crippen molar-refractivity contribution in [1.29, 1.82) is 0 Å². The topological polar surface area (TPSA) is 70.5 Å². The van der Waals surface area contributed by atoms with E-state index in [9.17, 15) is 14.7 Å². The Labute approximate surface area is 205 Å². The summed E-state index contributed by atoms with van der Waals surface area (Å²) in [5.74, 6) is -1.66. The minimum atomic E-state index is -0.834. The van der Waals surface area contributed by atoms with E-state index in [0.29, 0.717) is 21.3 Å². The molecule has 1 unspecified atom stereocenters. The number of thiazole rings is 1. The monoisotopic (exact) mass is 488 g/mol. The van der Waals surface area contributed by atoms with Crippen LogP contribution in [0.2, 0.25) is 5.02 Å². The molecule has 1 atom stereocenters. The molecule has 34 heavy (non-hydrogen) atoms. The molecule has 5 rings (SSSR count). The number of aryl methyl sites for hydroxylation is 3. The van der Waals surface area contributed by atoms with E-state index in [1.165, 1.54) is 16.2 Å². The molecule has 1 aliphatic rings. The lowest BCUT2D eigenvalue weighted by molar-refractivity contribution is -0.132. The van der Waals surface area contributed by atoms with Gasteiger partial charge in [0.15, 0.2) is 5.13 Å². The molecule has 0 aliphatic carbocycles. The van der Waals surface area contributed by atoms with Crippen molar-refractivity contribution in [2.45, 2.75) is 26.8 Å². The predicted molar refractivity (Wildman–Crippen MR) is 137 cm³/mol. The average molecular weight is 489 g/mol. The summed E-state index contributed by atoms with van der Waals surface area (Å²) in [5.41, 5.74) is 4.79. The van der Waals surface area contributed by atoms with Gasteiger partial charge in [0, 0.05) is 10.6 Å². The van der Waals surface area contributed by atoms with E-state index in [4.69, 9.17) is 11.6 Å². The zero-order valence-corrected chi connectivity index (χ0v) is 20.4. The zero-order valence-electron chi connectivity index (χ0n) is 18.8. The van der Waals surface area contributed by atoms with Gasteiger partial charge < -0.3 is 5.11 Å². The third-order valence-electron chi connectivity index (χ3n) is 6.02. The number of amides is 1. The first kappa shape index (κ1) is 22.3. The van der Waals surface area contributed by atoms with Crippen molar-refractivity contribution in [3.8, 4) is 0 Å². The van der Waals surface area contributed by atoms with Gasteiger partial charge in [-0.3, -0.25) is 14.5 Å². The van der Waals surface area contributed by atoms with E-state index in [1.54, 1.807) is 24.3 Å². The Morgan fingerprint density at radius 2 is 1.65 bits per heavy atom. The number of hydrogen-bond acceptors (Lipinski definition) is 5. The Morgan fingerprint density at radius 3 is 2.38 bits per heavy atom. The predicted octanol–water partition coefficient (Wildman–Crippen LogP) is 6.50. The van der Waals surface area contributed by atoms with Crippen molar-refractivity contribution in [3.05, 3.63) is 99.1 Å². The van der Waals surface area contributed by atoms with E-state index in [1.807, 2.05) is 57.2 Å². The molecule has 1 aromatic heterocycles. The van der Waals surface area contributed by atoms with E-state index in [2.05, 4.69) is 4.98 Å². The molecule has 7 heteroatoms. The van der Waals surface area contributed by atoms with Crippen LogP contribution >= 0.6 is 22.9 Å². The minimum absolute atomic E-state index is 0.0384. The van der Waals surface area contributed by atoms with Crippen molar-refractivity contribution in [1.82, 2.24) is 4.98 Å². The summed E-state index contributed by atoms with van der Waals surface area (Å²) < 4.78 is 0.918. The molecule has 170 valence electrons. The number of aliphatic hydroxyl groups excluding tert-OH is 1. The lowest BCUT2D eigenvalue weighted by atomic mass is 9.93. The van der Waals surface area contributed by atoms with Crippen molar-refractivity contribution >= 4 is 55.7 Å². The molecule has 2 heterocycles. The maximum Gasteiger partial charge on any atom is 0.301 e. The summed E-state index contributed by atoms with van der Waals surface area (Å²) in [5, 5.41) is 12.3. The summed E-state index contributed by atoms with van der Waals surface area (Å²) in [7, 11) is 0. The van der Waals surface area contributed by atoms with Crippen LogP contribution in [0.15, 0.2) is 66.2 Å². The van der Waals surface area contributed by atoms with Crippen LogP contribution in [0.25, 0.3) is 16.0 Å². The molecule has 0 radical (unpaired) electrons. The number of fused-ring (bicyclic) bond motifs is 1. The first-order chi connectivity index (χ1) is 16.2. The molecule has 1 N–H and O–H groups in total. The van der Waals surface area contributed by atoms with E-state index in [-0.39, 0.29) is 11.3 Å². The Morgan fingerprint density at radius 1 is 0.971 bits per heavy atom. The number of carbonyl (C=O) groups is 2. The second-order valence-corrected chi connectivity index (χ2v) is 9.95. The number of aromatic nitrogens is 1. The normalized spacial score (nSPS) is 17.6. The molecule has 0 spiro atoms. The van der Waals surface area contributed by atoms with Gasteiger partial charge in [-0.25, -0.2) is 4.98 Å². The Balaban J connectivity index is 1.76. The molecule has 0 bridgehead atoms. The molecule has 1 aliphatic heterocycles. The lowest BCUT2D eigenvalue weighted by Gasteiger charge is -2.23. The van der Waals surface area contributed by atoms with Gasteiger partial charge in [0.25, 0.3) is 5.78 Å². The summed E-state index contributed by atoms with van der Waals surface area (Å²) in [4.78, 5) is 32.8. The fraction of sp³-hybridized carbons (Fsp3) is 0.148. The molecule has 5 nitrogen and oxygen atoms in total. The number of nitrogens with zero attached hydrogens (tertiary/aromatic N) is 2. The van der Waals surface area contributed by atoms with Crippen LogP contribution in [0.1, 0.15) is 33.9 Å². The highest BCUT2D eigenvalue weighted by Gasteiger charge is 2.48. The first-order valence-electron chi connectivity index (χ1n) is 10.8. The number of carbonyl (C=O) groups excluding carboxylic acids is 2. The number of halogens is 1. The average Bonchev–Trinajstić information content (AvgIpc) is 3.33. The molecular weight excluding hydrogens is 468 g/mol. The third-order valence-corrected chi connectivity index (χ3v) is 7.29. The smallest absolute Gasteiger partial charge is 0.301 e. The maximum absolute atomic E-state index is 13.4. The van der Waals surface area contributed by atoms with Crippen molar-refractivity contribution in [2.24, 2.45) is 0 Å². The molecular formula is C27H21ClN2O3S. The van der Waals surface area contributed by atoms with Gasteiger partial charge in [0.1, 0.15) is 5.76 Å². The van der Waals surface area contributed by atoms with Crippen LogP contribution in [0.4, 0.5) is 5.13 Å². The van der Waals surface area contributed by atoms with Gasteiger partial charge in [0.05, 0.1) is 21.8 Å². The van der Waals surface area contributed by atoms with Crippen molar-refractivity contribution in [3.63, 3.8) is 0 Å². The maximum atomic E-state index is 13.4. The van der Waals surface area contributed by atoms with Gasteiger partial charge in [-0.15, -0.1) is 0 Å². The lowest BCUT2D eigenvalue weighted by Crippen LogP contribution is -2.29. The van der Waals surface area contributed by atoms with Gasteiger partial charge in [-0.2, -0.15) is 0 Å². The molecule has 1 fully saturated rings. The fourth-order valence-electron chi connectivity index (χ4n) is 4.25. The van der Waals surface area contributed by atoms with Crippen LogP contribution in [-0.4, -0.2) is 21.8 Å². The Hall–Kier alpha value is -3.48. The minimum Gasteiger partial charge on any atom is -0.507 e. The fourth-order valence-corrected chi connectivity index (χ4v) is 5.47. The second-order valence-electron chi connectivity index (χ2n) is 8.51. The van der Waals surface area contributed by atoms with Crippen LogP contribution in [0.5, 0.6) is 0 Å². The van der Waals surface area contributed by atoms with Crippen LogP contribution < -0.4 is 4.90 Å². The number of benzene rings is 3. The number of rotatable bonds is 3. The van der Waals surface area contributed by atoms with Gasteiger partial charge in [0.2, 0.25) is 0 Å². The number of hydrogen-bond donors (Lipinski definition) is 1. The molecule has 4 aromatic rings.